The SMILES string of the molecule is Cc1cc(OC(F)(F)F)c(O)c(CF)n1. The van der Waals surface area contributed by atoms with Crippen molar-refractivity contribution in [1.29, 1.82) is 0 Å². The van der Waals surface area contributed by atoms with Crippen molar-refractivity contribution in [3.05, 3.63) is 17.5 Å². The van der Waals surface area contributed by atoms with Gasteiger partial charge >= 0.3 is 6.36 Å². The largest absolute Gasteiger partial charge is 0.573 e. The van der Waals surface area contributed by atoms with Crippen LogP contribution in [0.1, 0.15) is 11.4 Å². The molecule has 0 aliphatic heterocycles. The van der Waals surface area contributed by atoms with Gasteiger partial charge in [0.25, 0.3) is 0 Å². The molecule has 0 unspecified atom stereocenters. The summed E-state index contributed by atoms with van der Waals surface area (Å²) in [6.45, 7) is 0.198. The van der Waals surface area contributed by atoms with Gasteiger partial charge in [-0.1, -0.05) is 0 Å². The molecule has 1 rings (SSSR count). The van der Waals surface area contributed by atoms with E-state index in [-0.39, 0.29) is 5.69 Å². The van der Waals surface area contributed by atoms with Crippen LogP contribution >= 0.6 is 0 Å². The number of hydrogen-bond acceptors (Lipinski definition) is 3. The molecular weight excluding hydrogens is 218 g/mol. The van der Waals surface area contributed by atoms with Crippen molar-refractivity contribution in [3.8, 4) is 11.5 Å². The first-order valence-electron chi connectivity index (χ1n) is 3.84. The normalized spacial score (nSPS) is 11.5. The van der Waals surface area contributed by atoms with Crippen molar-refractivity contribution in [3.63, 3.8) is 0 Å². The van der Waals surface area contributed by atoms with Crippen molar-refractivity contribution < 1.29 is 27.4 Å². The maximum absolute atomic E-state index is 12.2. The molecule has 0 radical (unpaired) electrons. The zero-order chi connectivity index (χ0) is 11.6. The zero-order valence-corrected chi connectivity index (χ0v) is 7.60. The van der Waals surface area contributed by atoms with E-state index in [2.05, 4.69) is 9.72 Å². The second kappa shape index (κ2) is 3.92. The quantitative estimate of drug-likeness (QED) is 0.786. The van der Waals surface area contributed by atoms with Gasteiger partial charge in [0, 0.05) is 11.8 Å². The zero-order valence-electron chi connectivity index (χ0n) is 7.60. The molecule has 1 heterocycles. The van der Waals surface area contributed by atoms with Crippen molar-refractivity contribution in [2.24, 2.45) is 0 Å². The highest BCUT2D eigenvalue weighted by atomic mass is 19.4. The summed E-state index contributed by atoms with van der Waals surface area (Å²) < 4.78 is 51.2. The Bertz CT molecular complexity index is 364. The minimum Gasteiger partial charge on any atom is -0.503 e. The fourth-order valence-corrected chi connectivity index (χ4v) is 0.994. The topological polar surface area (TPSA) is 42.4 Å². The monoisotopic (exact) mass is 225 g/mol. The Morgan fingerprint density at radius 2 is 2.07 bits per heavy atom. The summed E-state index contributed by atoms with van der Waals surface area (Å²) in [7, 11) is 0. The molecule has 0 amide bonds. The molecule has 0 fully saturated rings. The molecule has 0 aromatic carbocycles. The number of rotatable bonds is 2. The Labute approximate surface area is 82.3 Å². The summed E-state index contributed by atoms with van der Waals surface area (Å²) in [5, 5.41) is 9.15. The molecule has 15 heavy (non-hydrogen) atoms. The molecule has 0 saturated carbocycles. The molecule has 1 aromatic heterocycles. The number of halogens is 4. The molecule has 0 atom stereocenters. The van der Waals surface area contributed by atoms with Crippen molar-refractivity contribution in [2.45, 2.75) is 20.0 Å². The van der Waals surface area contributed by atoms with E-state index >= 15 is 0 Å². The Hall–Kier alpha value is -1.53. The van der Waals surface area contributed by atoms with E-state index in [0.29, 0.717) is 0 Å². The van der Waals surface area contributed by atoms with Crippen LogP contribution in [-0.4, -0.2) is 16.5 Å². The molecule has 1 N–H and O–H groups in total. The molecule has 0 aliphatic carbocycles. The van der Waals surface area contributed by atoms with E-state index in [9.17, 15) is 17.6 Å². The second-order valence-corrected chi connectivity index (χ2v) is 2.74. The lowest BCUT2D eigenvalue weighted by Crippen LogP contribution is -2.17. The molecule has 7 heteroatoms. The number of aromatic nitrogens is 1. The van der Waals surface area contributed by atoms with Crippen LogP contribution in [0.4, 0.5) is 17.6 Å². The maximum atomic E-state index is 12.2. The number of pyridine rings is 1. The smallest absolute Gasteiger partial charge is 0.503 e. The summed E-state index contributed by atoms with van der Waals surface area (Å²) >= 11 is 0. The van der Waals surface area contributed by atoms with E-state index < -0.39 is 30.2 Å². The number of aryl methyl sites for hydroxylation is 1. The van der Waals surface area contributed by atoms with Crippen LogP contribution in [0.5, 0.6) is 11.5 Å². The number of alkyl halides is 4. The van der Waals surface area contributed by atoms with Gasteiger partial charge in [-0.25, -0.2) is 4.39 Å². The van der Waals surface area contributed by atoms with Crippen LogP contribution in [0.3, 0.4) is 0 Å². The Balaban J connectivity index is 3.12. The minimum absolute atomic E-state index is 0.125. The van der Waals surface area contributed by atoms with Gasteiger partial charge < -0.3 is 9.84 Å². The lowest BCUT2D eigenvalue weighted by atomic mass is 10.3. The van der Waals surface area contributed by atoms with Crippen LogP contribution < -0.4 is 4.74 Å². The third-order valence-corrected chi connectivity index (χ3v) is 1.51. The first kappa shape index (κ1) is 11.5. The highest BCUT2D eigenvalue weighted by Crippen LogP contribution is 2.34. The van der Waals surface area contributed by atoms with Crippen LogP contribution in [-0.2, 0) is 6.67 Å². The minimum atomic E-state index is -4.93. The lowest BCUT2D eigenvalue weighted by molar-refractivity contribution is -0.275. The Kier molecular flexibility index (Phi) is 3.01. The third-order valence-electron chi connectivity index (χ3n) is 1.51. The molecular formula is C8H7F4NO2. The predicted molar refractivity (Wildman–Crippen MR) is 42.1 cm³/mol. The summed E-state index contributed by atoms with van der Waals surface area (Å²) in [4.78, 5) is 3.51. The second-order valence-electron chi connectivity index (χ2n) is 2.74. The molecule has 0 spiro atoms. The van der Waals surface area contributed by atoms with Crippen LogP contribution in [0, 0.1) is 6.92 Å². The summed E-state index contributed by atoms with van der Waals surface area (Å²) in [6, 6.07) is 0.877. The summed E-state index contributed by atoms with van der Waals surface area (Å²) in [5.74, 6) is -1.77. The highest BCUT2D eigenvalue weighted by molar-refractivity contribution is 5.43. The first-order valence-corrected chi connectivity index (χ1v) is 3.84. The van der Waals surface area contributed by atoms with Gasteiger partial charge in [-0.05, 0) is 6.92 Å². The maximum Gasteiger partial charge on any atom is 0.573 e. The molecule has 84 valence electrons. The molecule has 3 nitrogen and oxygen atoms in total. The van der Waals surface area contributed by atoms with Crippen LogP contribution in [0.2, 0.25) is 0 Å². The summed E-state index contributed by atoms with van der Waals surface area (Å²) in [6.07, 6.45) is -4.93. The van der Waals surface area contributed by atoms with Gasteiger partial charge in [0.15, 0.2) is 11.5 Å². The van der Waals surface area contributed by atoms with Crippen LogP contribution in [0.15, 0.2) is 6.07 Å². The molecule has 0 bridgehead atoms. The van der Waals surface area contributed by atoms with E-state index in [1.807, 2.05) is 0 Å². The van der Waals surface area contributed by atoms with Crippen molar-refractivity contribution in [1.82, 2.24) is 4.98 Å². The molecule has 0 aliphatic rings. The van der Waals surface area contributed by atoms with E-state index in [1.165, 1.54) is 6.92 Å². The standard InChI is InChI=1S/C8H7F4NO2/c1-4-2-6(15-8(10,11)12)7(14)5(3-9)13-4/h2,14H,3H2,1H3. The predicted octanol–water partition coefficient (Wildman–Crippen LogP) is 2.46. The number of nitrogens with zero attached hydrogens (tertiary/aromatic N) is 1. The van der Waals surface area contributed by atoms with Gasteiger partial charge in [-0.15, -0.1) is 13.2 Å². The van der Waals surface area contributed by atoms with Crippen LogP contribution in [0.25, 0.3) is 0 Å². The van der Waals surface area contributed by atoms with Crippen molar-refractivity contribution in [2.75, 3.05) is 0 Å². The fourth-order valence-electron chi connectivity index (χ4n) is 0.994. The average Bonchev–Trinajstić information content (AvgIpc) is 2.08. The van der Waals surface area contributed by atoms with Gasteiger partial charge in [0.05, 0.1) is 0 Å². The van der Waals surface area contributed by atoms with Crippen molar-refractivity contribution >= 4 is 0 Å². The van der Waals surface area contributed by atoms with Gasteiger partial charge in [-0.2, -0.15) is 0 Å². The average molecular weight is 225 g/mol. The number of ether oxygens (including phenoxy) is 1. The van der Waals surface area contributed by atoms with Gasteiger partial charge in [0.2, 0.25) is 0 Å². The fraction of sp³-hybridized carbons (Fsp3) is 0.375. The molecule has 1 aromatic rings. The van der Waals surface area contributed by atoms with Gasteiger partial charge in [-0.3, -0.25) is 4.98 Å². The van der Waals surface area contributed by atoms with E-state index in [0.717, 1.165) is 6.07 Å². The Morgan fingerprint density at radius 1 is 1.47 bits per heavy atom. The molecule has 0 saturated heterocycles. The first-order chi connectivity index (χ1) is 6.83. The number of hydrogen-bond donors (Lipinski definition) is 1. The summed E-state index contributed by atoms with van der Waals surface area (Å²) in [5.41, 5.74) is -0.353. The number of aromatic hydroxyl groups is 1. The van der Waals surface area contributed by atoms with E-state index in [1.54, 1.807) is 0 Å². The van der Waals surface area contributed by atoms with Gasteiger partial charge in [0.1, 0.15) is 12.4 Å². The van der Waals surface area contributed by atoms with E-state index in [4.69, 9.17) is 5.11 Å². The lowest BCUT2D eigenvalue weighted by Gasteiger charge is -2.12. The Morgan fingerprint density at radius 3 is 2.53 bits per heavy atom. The highest BCUT2D eigenvalue weighted by Gasteiger charge is 2.33. The third kappa shape index (κ3) is 2.97.